The molecule has 0 saturated carbocycles. The van der Waals surface area contributed by atoms with Crippen molar-refractivity contribution in [2.24, 2.45) is 0 Å². The van der Waals surface area contributed by atoms with E-state index >= 15 is 0 Å². The van der Waals surface area contributed by atoms with Crippen LogP contribution in [0.3, 0.4) is 0 Å². The third-order valence-electron chi connectivity index (χ3n) is 4.97. The Bertz CT molecular complexity index is 1090. The van der Waals surface area contributed by atoms with Gasteiger partial charge in [0, 0.05) is 13.2 Å². The molecule has 0 aliphatic rings. The van der Waals surface area contributed by atoms with Gasteiger partial charge >= 0.3 is 0 Å². The van der Waals surface area contributed by atoms with E-state index in [-0.39, 0.29) is 17.6 Å². The number of carbonyl (C=O) groups is 1. The first-order chi connectivity index (χ1) is 14.3. The Balaban J connectivity index is 1.86. The van der Waals surface area contributed by atoms with Crippen molar-refractivity contribution in [3.8, 4) is 5.69 Å². The highest BCUT2D eigenvalue weighted by molar-refractivity contribution is 5.84. The van der Waals surface area contributed by atoms with E-state index in [2.05, 4.69) is 15.5 Å². The van der Waals surface area contributed by atoms with Crippen molar-refractivity contribution in [1.82, 2.24) is 24.9 Å². The predicted octanol–water partition coefficient (Wildman–Crippen LogP) is 2.69. The van der Waals surface area contributed by atoms with Gasteiger partial charge in [-0.1, -0.05) is 18.2 Å². The second-order valence-corrected chi connectivity index (χ2v) is 7.63. The largest absolute Gasteiger partial charge is 0.379 e. The molecule has 0 fully saturated rings. The lowest BCUT2D eigenvalue weighted by atomic mass is 10.2. The molecule has 0 radical (unpaired) electrons. The lowest BCUT2D eigenvalue weighted by molar-refractivity contribution is -0.124. The van der Waals surface area contributed by atoms with Crippen molar-refractivity contribution in [2.45, 2.75) is 53.2 Å². The molecular formula is C22H29N5O3. The van der Waals surface area contributed by atoms with Gasteiger partial charge in [0.15, 0.2) is 5.52 Å². The van der Waals surface area contributed by atoms with Crippen molar-refractivity contribution in [1.29, 1.82) is 0 Å². The molecule has 0 aliphatic carbocycles. The van der Waals surface area contributed by atoms with Crippen LogP contribution in [0.2, 0.25) is 0 Å². The zero-order valence-electron chi connectivity index (χ0n) is 18.2. The van der Waals surface area contributed by atoms with Crippen LogP contribution in [0.5, 0.6) is 0 Å². The van der Waals surface area contributed by atoms with Crippen LogP contribution in [0, 0.1) is 13.8 Å². The van der Waals surface area contributed by atoms with Crippen LogP contribution in [0.4, 0.5) is 0 Å². The number of aromatic nitrogens is 4. The molecule has 1 N–H and O–H groups in total. The number of hydrogen-bond donors (Lipinski definition) is 1. The number of amides is 1. The minimum Gasteiger partial charge on any atom is -0.379 e. The lowest BCUT2D eigenvalue weighted by Gasteiger charge is -2.15. The van der Waals surface area contributed by atoms with Gasteiger partial charge < -0.3 is 10.1 Å². The van der Waals surface area contributed by atoms with E-state index in [4.69, 9.17) is 4.74 Å². The van der Waals surface area contributed by atoms with E-state index < -0.39 is 6.04 Å². The monoisotopic (exact) mass is 411 g/mol. The summed E-state index contributed by atoms with van der Waals surface area (Å²) < 4.78 is 8.43. The first-order valence-corrected chi connectivity index (χ1v) is 10.2. The smallest absolute Gasteiger partial charge is 0.295 e. The SMILES string of the molecule is Cc1nn(C(C)C(=O)NCCCOC(C)C)c(=O)c2nn(-c3ccccc3)c(C)c12. The van der Waals surface area contributed by atoms with E-state index in [1.54, 1.807) is 11.6 Å². The summed E-state index contributed by atoms with van der Waals surface area (Å²) in [6, 6.07) is 8.88. The fourth-order valence-corrected chi connectivity index (χ4v) is 3.40. The van der Waals surface area contributed by atoms with Crippen molar-refractivity contribution in [2.75, 3.05) is 13.2 Å². The number of benzene rings is 1. The van der Waals surface area contributed by atoms with E-state index in [0.29, 0.717) is 30.8 Å². The van der Waals surface area contributed by atoms with Gasteiger partial charge in [-0.25, -0.2) is 9.36 Å². The molecule has 1 aromatic carbocycles. The lowest BCUT2D eigenvalue weighted by Crippen LogP contribution is -2.38. The maximum Gasteiger partial charge on any atom is 0.295 e. The van der Waals surface area contributed by atoms with Crippen molar-refractivity contribution in [3.05, 3.63) is 52.1 Å². The molecule has 0 spiro atoms. The van der Waals surface area contributed by atoms with Crippen molar-refractivity contribution in [3.63, 3.8) is 0 Å². The summed E-state index contributed by atoms with van der Waals surface area (Å²) in [5, 5.41) is 12.5. The predicted molar refractivity (Wildman–Crippen MR) is 116 cm³/mol. The first-order valence-electron chi connectivity index (χ1n) is 10.2. The molecule has 8 nitrogen and oxygen atoms in total. The molecule has 1 amide bonds. The zero-order chi connectivity index (χ0) is 21.8. The average molecular weight is 412 g/mol. The third-order valence-corrected chi connectivity index (χ3v) is 4.97. The Morgan fingerprint density at radius 1 is 1.13 bits per heavy atom. The maximum absolute atomic E-state index is 13.1. The first kappa shape index (κ1) is 21.7. The second kappa shape index (κ2) is 9.21. The minimum absolute atomic E-state index is 0.163. The van der Waals surface area contributed by atoms with Crippen molar-refractivity contribution >= 4 is 16.8 Å². The third kappa shape index (κ3) is 4.43. The number of aryl methyl sites for hydroxylation is 2. The molecule has 0 aliphatic heterocycles. The molecule has 2 aromatic heterocycles. The van der Waals surface area contributed by atoms with Gasteiger partial charge in [-0.3, -0.25) is 9.59 Å². The highest BCUT2D eigenvalue weighted by Crippen LogP contribution is 2.21. The normalized spacial score (nSPS) is 12.5. The number of hydrogen-bond acceptors (Lipinski definition) is 5. The molecule has 1 unspecified atom stereocenters. The Morgan fingerprint density at radius 3 is 2.50 bits per heavy atom. The molecular weight excluding hydrogens is 382 g/mol. The van der Waals surface area contributed by atoms with Crippen LogP contribution in [-0.2, 0) is 9.53 Å². The standard InChI is InChI=1S/C22H29N5O3/c1-14(2)30-13-9-12-23-21(28)17(5)27-22(29)20-19(15(3)24-27)16(4)26(25-20)18-10-7-6-8-11-18/h6-8,10-11,14,17H,9,12-13H2,1-5H3,(H,23,28). The maximum atomic E-state index is 13.1. The molecule has 0 bridgehead atoms. The summed E-state index contributed by atoms with van der Waals surface area (Å²) in [6.07, 6.45) is 0.869. The van der Waals surface area contributed by atoms with Gasteiger partial charge in [-0.2, -0.15) is 10.2 Å². The topological polar surface area (TPSA) is 91.0 Å². The summed E-state index contributed by atoms with van der Waals surface area (Å²) in [6.45, 7) is 10.4. The van der Waals surface area contributed by atoms with E-state index in [0.717, 1.165) is 16.8 Å². The fourth-order valence-electron chi connectivity index (χ4n) is 3.40. The molecule has 0 saturated heterocycles. The van der Waals surface area contributed by atoms with Crippen LogP contribution < -0.4 is 10.9 Å². The fraction of sp³-hybridized carbons (Fsp3) is 0.455. The molecule has 3 aromatic rings. The van der Waals surface area contributed by atoms with E-state index in [9.17, 15) is 9.59 Å². The van der Waals surface area contributed by atoms with Crippen LogP contribution in [0.1, 0.15) is 44.6 Å². The van der Waals surface area contributed by atoms with Crippen LogP contribution >= 0.6 is 0 Å². The Labute approximate surface area is 175 Å². The summed E-state index contributed by atoms with van der Waals surface area (Å²) in [5.41, 5.74) is 2.31. The number of fused-ring (bicyclic) bond motifs is 1. The summed E-state index contributed by atoms with van der Waals surface area (Å²) in [7, 11) is 0. The van der Waals surface area contributed by atoms with E-state index in [1.807, 2.05) is 58.0 Å². The average Bonchev–Trinajstić information content (AvgIpc) is 3.08. The molecule has 30 heavy (non-hydrogen) atoms. The Kier molecular flexibility index (Phi) is 6.66. The minimum atomic E-state index is -0.742. The quantitative estimate of drug-likeness (QED) is 0.576. The highest BCUT2D eigenvalue weighted by Gasteiger charge is 2.22. The number of carbonyl (C=O) groups excluding carboxylic acids is 1. The zero-order valence-corrected chi connectivity index (χ0v) is 18.2. The number of ether oxygens (including phenoxy) is 1. The van der Waals surface area contributed by atoms with Gasteiger partial charge in [0.25, 0.3) is 5.56 Å². The molecule has 1 atom stereocenters. The summed E-state index contributed by atoms with van der Waals surface area (Å²) in [4.78, 5) is 25.7. The Morgan fingerprint density at radius 2 is 1.83 bits per heavy atom. The highest BCUT2D eigenvalue weighted by atomic mass is 16.5. The molecule has 160 valence electrons. The van der Waals surface area contributed by atoms with Gasteiger partial charge in [0.2, 0.25) is 5.91 Å². The summed E-state index contributed by atoms with van der Waals surface area (Å²) in [5.74, 6) is -0.257. The molecule has 8 heteroatoms. The number of rotatable bonds is 8. The molecule has 2 heterocycles. The number of nitrogens with zero attached hydrogens (tertiary/aromatic N) is 4. The molecule has 3 rings (SSSR count). The summed E-state index contributed by atoms with van der Waals surface area (Å²) >= 11 is 0. The van der Waals surface area contributed by atoms with Gasteiger partial charge in [-0.15, -0.1) is 0 Å². The van der Waals surface area contributed by atoms with Gasteiger partial charge in [0.1, 0.15) is 6.04 Å². The van der Waals surface area contributed by atoms with Crippen molar-refractivity contribution < 1.29 is 9.53 Å². The van der Waals surface area contributed by atoms with Gasteiger partial charge in [-0.05, 0) is 53.2 Å². The van der Waals surface area contributed by atoms with E-state index in [1.165, 1.54) is 4.68 Å². The van der Waals surface area contributed by atoms with Crippen LogP contribution in [-0.4, -0.2) is 44.7 Å². The second-order valence-electron chi connectivity index (χ2n) is 7.63. The Hall–Kier alpha value is -3.00. The number of para-hydroxylation sites is 1. The number of nitrogens with one attached hydrogen (secondary N) is 1. The van der Waals surface area contributed by atoms with Crippen LogP contribution in [0.15, 0.2) is 35.1 Å². The van der Waals surface area contributed by atoms with Crippen LogP contribution in [0.25, 0.3) is 16.6 Å². The van der Waals surface area contributed by atoms with Gasteiger partial charge in [0.05, 0.1) is 28.6 Å².